The van der Waals surface area contributed by atoms with Crippen LogP contribution in [0.3, 0.4) is 0 Å². The van der Waals surface area contributed by atoms with Gasteiger partial charge in [0.2, 0.25) is 0 Å². The molecule has 0 saturated heterocycles. The minimum absolute atomic E-state index is 0.0342. The van der Waals surface area contributed by atoms with Crippen LogP contribution in [-0.2, 0) is 0 Å². The van der Waals surface area contributed by atoms with Crippen molar-refractivity contribution in [3.8, 4) is 0 Å². The molecule has 16 heavy (non-hydrogen) atoms. The van der Waals surface area contributed by atoms with E-state index in [9.17, 15) is 9.59 Å². The first-order valence-electron chi connectivity index (χ1n) is 4.86. The van der Waals surface area contributed by atoms with Crippen LogP contribution in [0.4, 0.5) is 0 Å². The zero-order chi connectivity index (χ0) is 11.5. The second-order valence-electron chi connectivity index (χ2n) is 3.55. The van der Waals surface area contributed by atoms with Crippen LogP contribution in [0.1, 0.15) is 31.2 Å². The molecule has 1 aromatic carbocycles. The van der Waals surface area contributed by atoms with Crippen molar-refractivity contribution >= 4 is 23.4 Å². The van der Waals surface area contributed by atoms with Crippen LogP contribution in [0.15, 0.2) is 35.7 Å². The van der Waals surface area contributed by atoms with E-state index in [1.165, 1.54) is 11.3 Å². The topological polar surface area (TPSA) is 34.1 Å². The number of rotatable bonds is 3. The van der Waals surface area contributed by atoms with E-state index >= 15 is 0 Å². The Balaban J connectivity index is 2.35. The smallest absolute Gasteiger partial charge is 0.193 e. The summed E-state index contributed by atoms with van der Waals surface area (Å²) in [5.41, 5.74) is 2.30. The SMILES string of the molecule is Cc1cccc(C(=O)c2csc(C=O)c2)c1. The maximum Gasteiger partial charge on any atom is 0.193 e. The zero-order valence-corrected chi connectivity index (χ0v) is 9.58. The summed E-state index contributed by atoms with van der Waals surface area (Å²) in [6.45, 7) is 1.95. The number of thiophene rings is 1. The molecule has 0 radical (unpaired) electrons. The van der Waals surface area contributed by atoms with Gasteiger partial charge in [-0.3, -0.25) is 9.59 Å². The van der Waals surface area contributed by atoms with Gasteiger partial charge in [0.1, 0.15) is 0 Å². The van der Waals surface area contributed by atoms with E-state index in [0.29, 0.717) is 16.0 Å². The lowest BCUT2D eigenvalue weighted by atomic mass is 10.0. The quantitative estimate of drug-likeness (QED) is 0.599. The number of benzene rings is 1. The second-order valence-corrected chi connectivity index (χ2v) is 4.50. The van der Waals surface area contributed by atoms with Crippen LogP contribution in [0, 0.1) is 6.92 Å². The van der Waals surface area contributed by atoms with E-state index in [4.69, 9.17) is 0 Å². The summed E-state index contributed by atoms with van der Waals surface area (Å²) in [6.07, 6.45) is 0.762. The molecule has 0 amide bonds. The van der Waals surface area contributed by atoms with Crippen molar-refractivity contribution in [2.75, 3.05) is 0 Å². The van der Waals surface area contributed by atoms with Gasteiger partial charge in [-0.05, 0) is 19.1 Å². The molecule has 0 atom stereocenters. The molecule has 0 saturated carbocycles. The fraction of sp³-hybridized carbons (Fsp3) is 0.0769. The Hall–Kier alpha value is -1.74. The Morgan fingerprint density at radius 1 is 1.25 bits per heavy atom. The highest BCUT2D eigenvalue weighted by atomic mass is 32.1. The molecular formula is C13H10O2S. The molecule has 0 unspecified atom stereocenters. The summed E-state index contributed by atoms with van der Waals surface area (Å²) < 4.78 is 0. The second kappa shape index (κ2) is 4.41. The van der Waals surface area contributed by atoms with E-state index in [1.54, 1.807) is 17.5 Å². The van der Waals surface area contributed by atoms with Crippen molar-refractivity contribution in [1.29, 1.82) is 0 Å². The number of hydrogen-bond donors (Lipinski definition) is 0. The normalized spacial score (nSPS) is 10.1. The van der Waals surface area contributed by atoms with Crippen molar-refractivity contribution in [1.82, 2.24) is 0 Å². The monoisotopic (exact) mass is 230 g/mol. The molecule has 0 N–H and O–H groups in total. The van der Waals surface area contributed by atoms with E-state index < -0.39 is 0 Å². The molecule has 2 aromatic rings. The average Bonchev–Trinajstić information content (AvgIpc) is 2.76. The number of ketones is 1. The van der Waals surface area contributed by atoms with Gasteiger partial charge in [-0.1, -0.05) is 23.8 Å². The highest BCUT2D eigenvalue weighted by molar-refractivity contribution is 7.12. The molecule has 0 aliphatic heterocycles. The summed E-state index contributed by atoms with van der Waals surface area (Å²) in [5, 5.41) is 1.72. The summed E-state index contributed by atoms with van der Waals surface area (Å²) in [7, 11) is 0. The van der Waals surface area contributed by atoms with Gasteiger partial charge >= 0.3 is 0 Å². The molecule has 2 rings (SSSR count). The summed E-state index contributed by atoms with van der Waals surface area (Å²) >= 11 is 1.29. The van der Waals surface area contributed by atoms with Gasteiger partial charge in [0.15, 0.2) is 12.1 Å². The fourth-order valence-corrected chi connectivity index (χ4v) is 2.18. The fourth-order valence-electron chi connectivity index (χ4n) is 1.49. The Kier molecular flexibility index (Phi) is 2.97. The van der Waals surface area contributed by atoms with E-state index in [-0.39, 0.29) is 5.78 Å². The Labute approximate surface area is 97.5 Å². The standard InChI is InChI=1S/C13H10O2S/c1-9-3-2-4-10(5-9)13(15)11-6-12(7-14)16-8-11/h2-8H,1H3. The van der Waals surface area contributed by atoms with Crippen LogP contribution in [0.2, 0.25) is 0 Å². The predicted molar refractivity (Wildman–Crippen MR) is 64.3 cm³/mol. The van der Waals surface area contributed by atoms with Crippen molar-refractivity contribution in [2.24, 2.45) is 0 Å². The summed E-state index contributed by atoms with van der Waals surface area (Å²) in [4.78, 5) is 23.1. The first-order valence-corrected chi connectivity index (χ1v) is 5.74. The third-order valence-electron chi connectivity index (χ3n) is 2.28. The maximum absolute atomic E-state index is 12.0. The molecule has 0 fully saturated rings. The lowest BCUT2D eigenvalue weighted by Crippen LogP contribution is -1.99. The van der Waals surface area contributed by atoms with Gasteiger partial charge in [-0.25, -0.2) is 0 Å². The van der Waals surface area contributed by atoms with Crippen LogP contribution < -0.4 is 0 Å². The maximum atomic E-state index is 12.0. The van der Waals surface area contributed by atoms with E-state index in [0.717, 1.165) is 11.8 Å². The van der Waals surface area contributed by atoms with Crippen molar-refractivity contribution < 1.29 is 9.59 Å². The molecule has 0 aliphatic carbocycles. The van der Waals surface area contributed by atoms with Crippen molar-refractivity contribution in [3.05, 3.63) is 57.3 Å². The van der Waals surface area contributed by atoms with Gasteiger partial charge < -0.3 is 0 Å². The molecule has 0 spiro atoms. The van der Waals surface area contributed by atoms with Gasteiger partial charge in [0.25, 0.3) is 0 Å². The third-order valence-corrected chi connectivity index (χ3v) is 3.14. The molecule has 0 bridgehead atoms. The lowest BCUT2D eigenvalue weighted by Gasteiger charge is -1.99. The van der Waals surface area contributed by atoms with Gasteiger partial charge in [0.05, 0.1) is 4.88 Å². The molecule has 0 aliphatic rings. The van der Waals surface area contributed by atoms with Gasteiger partial charge in [0, 0.05) is 16.5 Å². The Bertz CT molecular complexity index is 540. The highest BCUT2D eigenvalue weighted by Gasteiger charge is 2.10. The van der Waals surface area contributed by atoms with Crippen LogP contribution in [0.5, 0.6) is 0 Å². The lowest BCUT2D eigenvalue weighted by molar-refractivity contribution is 0.103. The first kappa shape index (κ1) is 10.8. The highest BCUT2D eigenvalue weighted by Crippen LogP contribution is 2.17. The number of hydrogen-bond acceptors (Lipinski definition) is 3. The molecule has 1 heterocycles. The number of carbonyl (C=O) groups excluding carboxylic acids is 2. The number of aldehydes is 1. The van der Waals surface area contributed by atoms with Gasteiger partial charge in [-0.15, -0.1) is 11.3 Å². The summed E-state index contributed by atoms with van der Waals surface area (Å²) in [6, 6.07) is 9.06. The minimum Gasteiger partial charge on any atom is -0.297 e. The molecule has 3 heteroatoms. The number of carbonyl (C=O) groups is 2. The predicted octanol–water partition coefficient (Wildman–Crippen LogP) is 3.10. The van der Waals surface area contributed by atoms with Crippen molar-refractivity contribution in [2.45, 2.75) is 6.92 Å². The van der Waals surface area contributed by atoms with Crippen molar-refractivity contribution in [3.63, 3.8) is 0 Å². The van der Waals surface area contributed by atoms with Crippen LogP contribution in [-0.4, -0.2) is 12.1 Å². The first-order chi connectivity index (χ1) is 7.70. The third kappa shape index (κ3) is 2.09. The molecular weight excluding hydrogens is 220 g/mol. The van der Waals surface area contributed by atoms with E-state index in [1.807, 2.05) is 25.1 Å². The molecule has 1 aromatic heterocycles. The van der Waals surface area contributed by atoms with E-state index in [2.05, 4.69) is 0 Å². The average molecular weight is 230 g/mol. The Morgan fingerprint density at radius 2 is 2.06 bits per heavy atom. The summed E-state index contributed by atoms with van der Waals surface area (Å²) in [5.74, 6) is -0.0342. The van der Waals surface area contributed by atoms with Crippen LogP contribution in [0.25, 0.3) is 0 Å². The minimum atomic E-state index is -0.0342. The largest absolute Gasteiger partial charge is 0.297 e. The Morgan fingerprint density at radius 3 is 2.69 bits per heavy atom. The van der Waals surface area contributed by atoms with Crippen LogP contribution >= 0.6 is 11.3 Å². The molecule has 2 nitrogen and oxygen atoms in total. The molecule has 80 valence electrons. The zero-order valence-electron chi connectivity index (χ0n) is 8.77. The number of aryl methyl sites for hydroxylation is 1. The van der Waals surface area contributed by atoms with Gasteiger partial charge in [-0.2, -0.15) is 0 Å².